The van der Waals surface area contributed by atoms with Gasteiger partial charge in [0.15, 0.2) is 0 Å². The fourth-order valence-corrected chi connectivity index (χ4v) is 3.44. The van der Waals surface area contributed by atoms with E-state index in [9.17, 15) is 14.4 Å². The average molecular weight is 386 g/mol. The van der Waals surface area contributed by atoms with Crippen LogP contribution in [0.4, 0.5) is 10.5 Å². The third kappa shape index (κ3) is 3.14. The van der Waals surface area contributed by atoms with Crippen molar-refractivity contribution in [3.8, 4) is 5.75 Å². The molecule has 0 atom stereocenters. The molecule has 4 amide bonds. The Bertz CT molecular complexity index is 1200. The number of urea groups is 1. The maximum atomic E-state index is 13.1. The summed E-state index contributed by atoms with van der Waals surface area (Å²) in [5.41, 5.74) is 1.76. The van der Waals surface area contributed by atoms with Crippen molar-refractivity contribution in [2.24, 2.45) is 0 Å². The zero-order valence-corrected chi connectivity index (χ0v) is 15.9. The summed E-state index contributed by atoms with van der Waals surface area (Å²) in [4.78, 5) is 39.0. The zero-order chi connectivity index (χ0) is 20.5. The summed E-state index contributed by atoms with van der Waals surface area (Å²) < 4.78 is 5.40. The number of imide groups is 2. The Hall–Kier alpha value is -3.93. The molecule has 144 valence electrons. The van der Waals surface area contributed by atoms with E-state index < -0.39 is 17.8 Å². The number of hydrogen-bond acceptors (Lipinski definition) is 4. The summed E-state index contributed by atoms with van der Waals surface area (Å²) in [6.07, 6.45) is 1.51. The minimum absolute atomic E-state index is 0.108. The molecule has 3 aromatic carbocycles. The second-order valence-corrected chi connectivity index (χ2v) is 6.65. The van der Waals surface area contributed by atoms with Gasteiger partial charge in [-0.2, -0.15) is 0 Å². The van der Waals surface area contributed by atoms with Crippen molar-refractivity contribution in [2.45, 2.75) is 6.92 Å². The number of nitrogens with one attached hydrogen (secondary N) is 1. The molecule has 1 N–H and O–H groups in total. The molecule has 0 radical (unpaired) electrons. The fraction of sp³-hybridized carbons (Fsp3) is 0.0870. The monoisotopic (exact) mass is 386 g/mol. The molecule has 0 aromatic heterocycles. The quantitative estimate of drug-likeness (QED) is 0.548. The summed E-state index contributed by atoms with van der Waals surface area (Å²) in [5, 5.41) is 3.95. The average Bonchev–Trinajstić information content (AvgIpc) is 2.72. The van der Waals surface area contributed by atoms with E-state index in [2.05, 4.69) is 5.32 Å². The number of fused-ring (bicyclic) bond motifs is 1. The molecule has 0 saturated carbocycles. The van der Waals surface area contributed by atoms with Crippen molar-refractivity contribution >= 4 is 40.4 Å². The first-order valence-electron chi connectivity index (χ1n) is 9.04. The number of carbonyl (C=O) groups excluding carboxylic acids is 3. The molecule has 1 saturated heterocycles. The number of rotatable bonds is 3. The molecule has 3 aromatic rings. The van der Waals surface area contributed by atoms with Crippen LogP contribution >= 0.6 is 0 Å². The van der Waals surface area contributed by atoms with Crippen LogP contribution in [0.1, 0.15) is 11.1 Å². The number of aryl methyl sites for hydroxylation is 1. The van der Waals surface area contributed by atoms with Crippen molar-refractivity contribution in [1.82, 2.24) is 5.32 Å². The molecular weight excluding hydrogens is 368 g/mol. The van der Waals surface area contributed by atoms with Gasteiger partial charge in [-0.05, 0) is 41.6 Å². The molecule has 29 heavy (non-hydrogen) atoms. The maximum Gasteiger partial charge on any atom is 0.335 e. The summed E-state index contributed by atoms with van der Waals surface area (Å²) >= 11 is 0. The summed E-state index contributed by atoms with van der Waals surface area (Å²) in [6.45, 7) is 1.80. The van der Waals surface area contributed by atoms with E-state index in [4.69, 9.17) is 4.74 Å². The number of amides is 4. The van der Waals surface area contributed by atoms with Crippen LogP contribution in [-0.4, -0.2) is 25.0 Å². The van der Waals surface area contributed by atoms with Crippen LogP contribution < -0.4 is 15.0 Å². The number of para-hydroxylation sites is 1. The highest BCUT2D eigenvalue weighted by Crippen LogP contribution is 2.31. The van der Waals surface area contributed by atoms with Crippen LogP contribution in [-0.2, 0) is 9.59 Å². The van der Waals surface area contributed by atoms with Crippen molar-refractivity contribution < 1.29 is 19.1 Å². The Morgan fingerprint density at radius 2 is 1.59 bits per heavy atom. The van der Waals surface area contributed by atoms with Gasteiger partial charge >= 0.3 is 6.03 Å². The van der Waals surface area contributed by atoms with E-state index in [1.807, 2.05) is 30.3 Å². The first-order valence-corrected chi connectivity index (χ1v) is 9.04. The minimum atomic E-state index is -0.758. The summed E-state index contributed by atoms with van der Waals surface area (Å²) in [5.74, 6) is -0.684. The van der Waals surface area contributed by atoms with Crippen LogP contribution in [0.25, 0.3) is 16.8 Å². The number of ether oxygens (including phenoxy) is 1. The molecule has 4 rings (SSSR count). The predicted octanol–water partition coefficient (Wildman–Crippen LogP) is 3.82. The van der Waals surface area contributed by atoms with Crippen LogP contribution in [0.5, 0.6) is 5.75 Å². The van der Waals surface area contributed by atoms with Gasteiger partial charge in [0.2, 0.25) is 0 Å². The smallest absolute Gasteiger partial charge is 0.335 e. The van der Waals surface area contributed by atoms with Crippen LogP contribution in [0.3, 0.4) is 0 Å². The lowest BCUT2D eigenvalue weighted by molar-refractivity contribution is -0.122. The minimum Gasteiger partial charge on any atom is -0.496 e. The number of hydrogen-bond donors (Lipinski definition) is 1. The van der Waals surface area contributed by atoms with Gasteiger partial charge in [-0.25, -0.2) is 9.69 Å². The van der Waals surface area contributed by atoms with Gasteiger partial charge in [-0.3, -0.25) is 14.9 Å². The van der Waals surface area contributed by atoms with Gasteiger partial charge in [-0.15, -0.1) is 0 Å². The Morgan fingerprint density at radius 1 is 0.897 bits per heavy atom. The second kappa shape index (κ2) is 7.24. The highest BCUT2D eigenvalue weighted by molar-refractivity contribution is 6.39. The van der Waals surface area contributed by atoms with Crippen LogP contribution in [0.2, 0.25) is 0 Å². The molecule has 0 bridgehead atoms. The van der Waals surface area contributed by atoms with E-state index in [-0.39, 0.29) is 5.57 Å². The van der Waals surface area contributed by atoms with Crippen molar-refractivity contribution in [3.05, 3.63) is 77.4 Å². The van der Waals surface area contributed by atoms with E-state index in [1.54, 1.807) is 44.4 Å². The number of barbiturate groups is 1. The van der Waals surface area contributed by atoms with Crippen LogP contribution in [0.15, 0.2) is 66.2 Å². The third-order valence-electron chi connectivity index (χ3n) is 4.90. The van der Waals surface area contributed by atoms with Gasteiger partial charge in [0.25, 0.3) is 11.8 Å². The molecular formula is C23H18N2O4. The standard InChI is InChI=1S/C23H18N2O4/c1-14-7-3-6-10-19(14)25-22(27)18(21(26)24-23(25)28)13-15-11-12-20(29-2)17-9-5-4-8-16(15)17/h3-13H,1-2H3,(H,24,26,28)/b18-13+. The number of benzene rings is 3. The van der Waals surface area contributed by atoms with E-state index in [0.717, 1.165) is 21.2 Å². The molecule has 6 nitrogen and oxygen atoms in total. The van der Waals surface area contributed by atoms with Gasteiger partial charge in [-0.1, -0.05) is 48.5 Å². The van der Waals surface area contributed by atoms with Crippen molar-refractivity contribution in [1.29, 1.82) is 0 Å². The van der Waals surface area contributed by atoms with E-state index >= 15 is 0 Å². The molecule has 1 aliphatic rings. The summed E-state index contributed by atoms with van der Waals surface area (Å²) in [7, 11) is 1.59. The normalized spacial score (nSPS) is 15.7. The highest BCUT2D eigenvalue weighted by Gasteiger charge is 2.37. The van der Waals surface area contributed by atoms with Crippen molar-refractivity contribution in [2.75, 3.05) is 12.0 Å². The lowest BCUT2D eigenvalue weighted by atomic mass is 10.00. The lowest BCUT2D eigenvalue weighted by Crippen LogP contribution is -2.54. The maximum absolute atomic E-state index is 13.1. The number of carbonyl (C=O) groups is 3. The molecule has 1 fully saturated rings. The SMILES string of the molecule is COc1ccc(/C=C2\C(=O)NC(=O)N(c3ccccc3C)C2=O)c2ccccc12. The molecule has 6 heteroatoms. The number of methoxy groups -OCH3 is 1. The second-order valence-electron chi connectivity index (χ2n) is 6.65. The van der Waals surface area contributed by atoms with Crippen LogP contribution in [0, 0.1) is 6.92 Å². The summed E-state index contributed by atoms with van der Waals surface area (Å²) in [6, 6.07) is 17.4. The molecule has 0 aliphatic carbocycles. The lowest BCUT2D eigenvalue weighted by Gasteiger charge is -2.27. The van der Waals surface area contributed by atoms with Crippen molar-refractivity contribution in [3.63, 3.8) is 0 Å². The fourth-order valence-electron chi connectivity index (χ4n) is 3.44. The van der Waals surface area contributed by atoms with Gasteiger partial charge < -0.3 is 4.74 Å². The number of anilines is 1. The van der Waals surface area contributed by atoms with E-state index in [1.165, 1.54) is 6.08 Å². The third-order valence-corrected chi connectivity index (χ3v) is 4.90. The number of nitrogens with zero attached hydrogens (tertiary/aromatic N) is 1. The first kappa shape index (κ1) is 18.4. The van der Waals surface area contributed by atoms with E-state index in [0.29, 0.717) is 17.0 Å². The van der Waals surface area contributed by atoms with Gasteiger partial charge in [0.05, 0.1) is 12.8 Å². The molecule has 1 heterocycles. The van der Waals surface area contributed by atoms with Gasteiger partial charge in [0.1, 0.15) is 11.3 Å². The Kier molecular flexibility index (Phi) is 4.60. The zero-order valence-electron chi connectivity index (χ0n) is 15.9. The molecule has 1 aliphatic heterocycles. The Balaban J connectivity index is 1.84. The van der Waals surface area contributed by atoms with Gasteiger partial charge in [0, 0.05) is 5.39 Å². The first-order chi connectivity index (χ1) is 14.0. The molecule has 0 unspecified atom stereocenters. The largest absolute Gasteiger partial charge is 0.496 e. The predicted molar refractivity (Wildman–Crippen MR) is 111 cm³/mol. The Labute approximate surface area is 167 Å². The Morgan fingerprint density at radius 3 is 2.31 bits per heavy atom. The molecule has 0 spiro atoms. The topological polar surface area (TPSA) is 75.7 Å². The highest BCUT2D eigenvalue weighted by atomic mass is 16.5.